The van der Waals surface area contributed by atoms with Crippen molar-refractivity contribution in [2.75, 3.05) is 6.61 Å². The van der Waals surface area contributed by atoms with Crippen LogP contribution in [0.5, 0.6) is 5.75 Å². The molecule has 0 saturated heterocycles. The topological polar surface area (TPSA) is 58.9 Å². The lowest BCUT2D eigenvalue weighted by molar-refractivity contribution is -0.139. The molecule has 0 aromatic heterocycles. The van der Waals surface area contributed by atoms with Gasteiger partial charge in [0.25, 0.3) is 0 Å². The van der Waals surface area contributed by atoms with Crippen LogP contribution >= 0.6 is 0 Å². The number of ether oxygens (including phenoxy) is 1. The van der Waals surface area contributed by atoms with Gasteiger partial charge in [-0.25, -0.2) is 4.79 Å². The summed E-state index contributed by atoms with van der Waals surface area (Å²) in [5, 5.41) is 8.59. The van der Waals surface area contributed by atoms with Crippen LogP contribution in [0.3, 0.4) is 0 Å². The molecule has 0 atom stereocenters. The Hall–Kier alpha value is -2.62. The van der Waals surface area contributed by atoms with E-state index in [1.54, 1.807) is 24.4 Å². The third-order valence-corrected chi connectivity index (χ3v) is 3.07. The van der Waals surface area contributed by atoms with E-state index in [1.165, 1.54) is 11.1 Å². The Morgan fingerprint density at radius 2 is 2.00 bits per heavy atom. The van der Waals surface area contributed by atoms with Gasteiger partial charge >= 0.3 is 5.97 Å². The van der Waals surface area contributed by atoms with E-state index < -0.39 is 5.97 Å². The summed E-state index contributed by atoms with van der Waals surface area (Å²) >= 11 is 0. The number of benzene rings is 2. The largest absolute Gasteiger partial charge is 0.482 e. The second kappa shape index (κ2) is 6.70. The minimum absolute atomic E-state index is 0.349. The van der Waals surface area contributed by atoms with E-state index in [0.29, 0.717) is 5.75 Å². The van der Waals surface area contributed by atoms with E-state index >= 15 is 0 Å². The van der Waals surface area contributed by atoms with E-state index in [-0.39, 0.29) is 6.61 Å². The van der Waals surface area contributed by atoms with E-state index in [0.717, 1.165) is 11.3 Å². The summed E-state index contributed by atoms with van der Waals surface area (Å²) in [6.45, 7) is 3.76. The molecular weight excluding hydrogens is 266 g/mol. The van der Waals surface area contributed by atoms with Crippen LogP contribution in [0.15, 0.2) is 47.5 Å². The number of hydrogen-bond acceptors (Lipinski definition) is 3. The number of hydrogen-bond donors (Lipinski definition) is 1. The second-order valence-electron chi connectivity index (χ2n) is 4.78. The van der Waals surface area contributed by atoms with Gasteiger partial charge in [0.1, 0.15) is 5.75 Å². The maximum Gasteiger partial charge on any atom is 0.341 e. The van der Waals surface area contributed by atoms with Crippen LogP contribution in [0.4, 0.5) is 5.69 Å². The lowest BCUT2D eigenvalue weighted by atomic mass is 10.1. The highest BCUT2D eigenvalue weighted by atomic mass is 16.5. The molecule has 4 heteroatoms. The predicted molar refractivity (Wildman–Crippen MR) is 82.7 cm³/mol. The third-order valence-electron chi connectivity index (χ3n) is 3.07. The Morgan fingerprint density at radius 3 is 2.71 bits per heavy atom. The molecule has 0 radical (unpaired) electrons. The van der Waals surface area contributed by atoms with Crippen LogP contribution in [0.2, 0.25) is 0 Å². The zero-order valence-electron chi connectivity index (χ0n) is 12.0. The van der Waals surface area contributed by atoms with Gasteiger partial charge in [0.15, 0.2) is 6.61 Å². The molecule has 4 nitrogen and oxygen atoms in total. The summed E-state index contributed by atoms with van der Waals surface area (Å²) in [6, 6.07) is 13.2. The maximum absolute atomic E-state index is 10.5. The third kappa shape index (κ3) is 4.45. The standard InChI is InChI=1S/C17H17NO3/c1-12-6-7-15(8-13(12)2)18-10-14-4-3-5-16(9-14)21-11-17(19)20/h3-10H,11H2,1-2H3,(H,19,20). The molecule has 1 N–H and O–H groups in total. The van der Waals surface area contributed by atoms with Gasteiger partial charge in [-0.1, -0.05) is 18.2 Å². The monoisotopic (exact) mass is 283 g/mol. The molecule has 2 aromatic rings. The minimum atomic E-state index is -0.996. The fourth-order valence-electron chi connectivity index (χ4n) is 1.78. The SMILES string of the molecule is Cc1ccc(N=Cc2cccc(OCC(=O)O)c2)cc1C. The minimum Gasteiger partial charge on any atom is -0.482 e. The van der Waals surface area contributed by atoms with Crippen molar-refractivity contribution in [3.05, 3.63) is 59.2 Å². The lowest BCUT2D eigenvalue weighted by Gasteiger charge is -2.04. The number of aliphatic imine (C=N–C) groups is 1. The number of rotatable bonds is 5. The highest BCUT2D eigenvalue weighted by Crippen LogP contribution is 2.18. The Labute approximate surface area is 123 Å². The summed E-state index contributed by atoms with van der Waals surface area (Å²) in [5.41, 5.74) is 4.17. The molecule has 2 rings (SSSR count). The molecule has 108 valence electrons. The molecule has 21 heavy (non-hydrogen) atoms. The van der Waals surface area contributed by atoms with Crippen LogP contribution in [0.25, 0.3) is 0 Å². The van der Waals surface area contributed by atoms with Gasteiger partial charge in [-0.15, -0.1) is 0 Å². The van der Waals surface area contributed by atoms with Gasteiger partial charge in [0.05, 0.1) is 5.69 Å². The maximum atomic E-state index is 10.5. The quantitative estimate of drug-likeness (QED) is 0.854. The smallest absolute Gasteiger partial charge is 0.341 e. The fourth-order valence-corrected chi connectivity index (χ4v) is 1.78. The van der Waals surface area contributed by atoms with Crippen molar-refractivity contribution in [1.82, 2.24) is 0 Å². The first-order valence-corrected chi connectivity index (χ1v) is 6.60. The average Bonchev–Trinajstić information content (AvgIpc) is 2.47. The summed E-state index contributed by atoms with van der Waals surface area (Å²) in [5.74, 6) is -0.481. The molecule has 0 saturated carbocycles. The van der Waals surface area contributed by atoms with Crippen molar-refractivity contribution in [3.8, 4) is 5.75 Å². The van der Waals surface area contributed by atoms with Crippen molar-refractivity contribution < 1.29 is 14.6 Å². The van der Waals surface area contributed by atoms with Crippen molar-refractivity contribution in [1.29, 1.82) is 0 Å². The Kier molecular flexibility index (Phi) is 4.72. The van der Waals surface area contributed by atoms with Gasteiger partial charge in [-0.3, -0.25) is 4.99 Å². The number of aliphatic carboxylic acids is 1. The first-order chi connectivity index (χ1) is 10.0. The van der Waals surface area contributed by atoms with Gasteiger partial charge in [0.2, 0.25) is 0 Å². The normalized spacial score (nSPS) is 10.8. The van der Waals surface area contributed by atoms with Crippen LogP contribution in [0.1, 0.15) is 16.7 Å². The van der Waals surface area contributed by atoms with Crippen molar-refractivity contribution in [2.24, 2.45) is 4.99 Å². The van der Waals surface area contributed by atoms with Gasteiger partial charge in [-0.2, -0.15) is 0 Å². The highest BCUT2D eigenvalue weighted by Gasteiger charge is 2.00. The Morgan fingerprint density at radius 1 is 1.19 bits per heavy atom. The summed E-state index contributed by atoms with van der Waals surface area (Å²) in [4.78, 5) is 14.9. The molecule has 2 aromatic carbocycles. The van der Waals surface area contributed by atoms with Gasteiger partial charge in [0, 0.05) is 6.21 Å². The molecule has 0 amide bonds. The molecule has 0 unspecified atom stereocenters. The highest BCUT2D eigenvalue weighted by molar-refractivity contribution is 5.82. The molecule has 0 bridgehead atoms. The molecule has 0 heterocycles. The first kappa shape index (κ1) is 14.8. The van der Waals surface area contributed by atoms with Crippen molar-refractivity contribution in [2.45, 2.75) is 13.8 Å². The predicted octanol–water partition coefficient (Wildman–Crippen LogP) is 3.52. The Balaban J connectivity index is 2.11. The molecular formula is C17H17NO3. The van der Waals surface area contributed by atoms with Gasteiger partial charge in [-0.05, 0) is 54.8 Å². The van der Waals surface area contributed by atoms with E-state index in [4.69, 9.17) is 9.84 Å². The molecule has 0 aliphatic carbocycles. The zero-order chi connectivity index (χ0) is 15.2. The summed E-state index contributed by atoms with van der Waals surface area (Å²) in [7, 11) is 0. The number of carboxylic acids is 1. The van der Waals surface area contributed by atoms with E-state index in [1.807, 2.05) is 24.3 Å². The molecule has 0 fully saturated rings. The fraction of sp³-hybridized carbons (Fsp3) is 0.176. The van der Waals surface area contributed by atoms with Crippen molar-refractivity contribution >= 4 is 17.9 Å². The second-order valence-corrected chi connectivity index (χ2v) is 4.78. The zero-order valence-corrected chi connectivity index (χ0v) is 12.0. The number of carboxylic acid groups (broad SMARTS) is 1. The molecule has 0 aliphatic rings. The summed E-state index contributed by atoms with van der Waals surface area (Å²) in [6.07, 6.45) is 1.73. The number of aryl methyl sites for hydroxylation is 2. The van der Waals surface area contributed by atoms with E-state index in [2.05, 4.69) is 18.8 Å². The Bertz CT molecular complexity index is 677. The van der Waals surface area contributed by atoms with Crippen LogP contribution in [-0.4, -0.2) is 23.9 Å². The summed E-state index contributed by atoms with van der Waals surface area (Å²) < 4.78 is 5.13. The van der Waals surface area contributed by atoms with Crippen LogP contribution < -0.4 is 4.74 Å². The van der Waals surface area contributed by atoms with Crippen molar-refractivity contribution in [3.63, 3.8) is 0 Å². The van der Waals surface area contributed by atoms with E-state index in [9.17, 15) is 4.79 Å². The van der Waals surface area contributed by atoms with Crippen LogP contribution in [-0.2, 0) is 4.79 Å². The molecule has 0 spiro atoms. The first-order valence-electron chi connectivity index (χ1n) is 6.60. The lowest BCUT2D eigenvalue weighted by Crippen LogP contribution is -2.09. The molecule has 0 aliphatic heterocycles. The van der Waals surface area contributed by atoms with Crippen LogP contribution in [0, 0.1) is 13.8 Å². The van der Waals surface area contributed by atoms with Gasteiger partial charge < -0.3 is 9.84 Å². The average molecular weight is 283 g/mol. The number of carbonyl (C=O) groups is 1. The number of nitrogens with zero attached hydrogens (tertiary/aromatic N) is 1.